The Kier molecular flexibility index (Phi) is 8.08. The fourth-order valence-corrected chi connectivity index (χ4v) is 6.23. The Morgan fingerprint density at radius 3 is 2.47 bits per heavy atom. The number of amides is 3. The van der Waals surface area contributed by atoms with E-state index in [4.69, 9.17) is 5.10 Å². The fraction of sp³-hybridized carbons (Fsp3) is 0.520. The summed E-state index contributed by atoms with van der Waals surface area (Å²) in [7, 11) is 1.66. The highest BCUT2D eigenvalue weighted by Crippen LogP contribution is 2.39. The van der Waals surface area contributed by atoms with Crippen LogP contribution in [-0.4, -0.2) is 89.0 Å². The third-order valence-electron chi connectivity index (χ3n) is 6.52. The number of hydrogen-bond acceptors (Lipinski definition) is 8. The van der Waals surface area contributed by atoms with Crippen molar-refractivity contribution in [1.82, 2.24) is 25.1 Å². The molecule has 3 aliphatic rings. The van der Waals surface area contributed by atoms with E-state index in [9.17, 15) is 9.59 Å². The number of aromatic nitrogens is 1. The molecule has 11 heteroatoms. The van der Waals surface area contributed by atoms with Crippen LogP contribution in [0.5, 0.6) is 0 Å². The third kappa shape index (κ3) is 6.57. The molecule has 3 amide bonds. The summed E-state index contributed by atoms with van der Waals surface area (Å²) in [6.45, 7) is 5.54. The molecule has 1 aromatic carbocycles. The van der Waals surface area contributed by atoms with Crippen LogP contribution >= 0.6 is 23.1 Å². The molecule has 0 spiro atoms. The Morgan fingerprint density at radius 1 is 1.08 bits per heavy atom. The van der Waals surface area contributed by atoms with Gasteiger partial charge in [-0.15, -0.1) is 23.1 Å². The van der Waals surface area contributed by atoms with Crippen molar-refractivity contribution in [1.29, 1.82) is 0 Å². The van der Waals surface area contributed by atoms with E-state index in [1.165, 1.54) is 29.1 Å². The number of nitrogens with zero attached hydrogens (tertiary/aromatic N) is 5. The zero-order valence-electron chi connectivity index (χ0n) is 20.6. The summed E-state index contributed by atoms with van der Waals surface area (Å²) in [4.78, 5) is 36.0. The van der Waals surface area contributed by atoms with Crippen LogP contribution in [0.15, 0.2) is 40.5 Å². The van der Waals surface area contributed by atoms with Crippen LogP contribution in [0.3, 0.4) is 0 Å². The van der Waals surface area contributed by atoms with Crippen molar-refractivity contribution < 1.29 is 9.59 Å². The van der Waals surface area contributed by atoms with Crippen LogP contribution in [0.4, 0.5) is 9.93 Å². The molecular formula is C25H33N7O2S2. The molecule has 36 heavy (non-hydrogen) atoms. The molecule has 3 heterocycles. The maximum Gasteiger partial charge on any atom is 0.317 e. The normalized spacial score (nSPS) is 19.0. The number of carbonyl (C=O) groups excluding carboxylic acids is 2. The predicted octanol–water partition coefficient (Wildman–Crippen LogP) is 3.29. The quantitative estimate of drug-likeness (QED) is 0.512. The van der Waals surface area contributed by atoms with Crippen LogP contribution in [0.2, 0.25) is 0 Å². The van der Waals surface area contributed by atoms with Gasteiger partial charge < -0.3 is 10.2 Å². The number of piperazine rings is 1. The minimum absolute atomic E-state index is 0.0276. The molecule has 2 aliphatic heterocycles. The number of thioether (sulfide) groups is 1. The number of carbonyl (C=O) groups is 2. The predicted molar refractivity (Wildman–Crippen MR) is 145 cm³/mol. The Labute approximate surface area is 220 Å². The molecule has 2 saturated heterocycles. The topological polar surface area (TPSA) is 93.2 Å². The summed E-state index contributed by atoms with van der Waals surface area (Å²) in [6, 6.07) is 8.17. The first-order valence-electron chi connectivity index (χ1n) is 12.6. The van der Waals surface area contributed by atoms with Gasteiger partial charge in [0.25, 0.3) is 5.91 Å². The number of benzene rings is 1. The van der Waals surface area contributed by atoms with Crippen LogP contribution in [0, 0.1) is 0 Å². The highest BCUT2D eigenvalue weighted by molar-refractivity contribution is 8.00. The van der Waals surface area contributed by atoms with Gasteiger partial charge in [0.2, 0.25) is 0 Å². The number of thiazole rings is 1. The van der Waals surface area contributed by atoms with Crippen LogP contribution < -0.4 is 10.6 Å². The monoisotopic (exact) mass is 527 g/mol. The van der Waals surface area contributed by atoms with Crippen molar-refractivity contribution in [3.8, 4) is 0 Å². The lowest BCUT2D eigenvalue weighted by Crippen LogP contribution is -2.50. The lowest BCUT2D eigenvalue weighted by Gasteiger charge is -2.34. The van der Waals surface area contributed by atoms with Crippen molar-refractivity contribution >= 4 is 45.9 Å². The summed E-state index contributed by atoms with van der Waals surface area (Å²) in [6.07, 6.45) is 6.61. The Morgan fingerprint density at radius 2 is 1.81 bits per heavy atom. The largest absolute Gasteiger partial charge is 0.341 e. The molecule has 0 unspecified atom stereocenters. The first-order valence-corrected chi connectivity index (χ1v) is 14.3. The number of anilines is 1. The number of hydrogen-bond donors (Lipinski definition) is 2. The van der Waals surface area contributed by atoms with Crippen molar-refractivity contribution in [2.45, 2.75) is 42.4 Å². The maximum atomic E-state index is 13.3. The lowest BCUT2D eigenvalue weighted by molar-refractivity contribution is -0.110. The summed E-state index contributed by atoms with van der Waals surface area (Å²) in [5.41, 5.74) is 1.26. The lowest BCUT2D eigenvalue weighted by atomic mass is 10.1. The molecule has 2 N–H and O–H groups in total. The fourth-order valence-electron chi connectivity index (χ4n) is 4.33. The number of hydrazone groups is 1. The maximum absolute atomic E-state index is 13.3. The summed E-state index contributed by atoms with van der Waals surface area (Å²) in [5, 5.41) is 13.7. The van der Waals surface area contributed by atoms with E-state index < -0.39 is 0 Å². The molecule has 1 aliphatic carbocycles. The second-order valence-electron chi connectivity index (χ2n) is 9.36. The van der Waals surface area contributed by atoms with Crippen LogP contribution in [0.25, 0.3) is 0 Å². The van der Waals surface area contributed by atoms with E-state index in [0.717, 1.165) is 61.3 Å². The molecule has 2 aromatic rings. The van der Waals surface area contributed by atoms with E-state index in [-0.39, 0.29) is 11.9 Å². The van der Waals surface area contributed by atoms with Gasteiger partial charge >= 0.3 is 6.03 Å². The number of urea groups is 1. The zero-order chi connectivity index (χ0) is 24.9. The van der Waals surface area contributed by atoms with Gasteiger partial charge in [0.05, 0.1) is 0 Å². The summed E-state index contributed by atoms with van der Waals surface area (Å²) in [5.74, 6) is -0.232. The highest BCUT2D eigenvalue weighted by atomic mass is 32.2. The van der Waals surface area contributed by atoms with E-state index in [1.54, 1.807) is 7.05 Å². The molecule has 5 rings (SSSR count). The number of nitrogens with one attached hydrogen (secondary N) is 2. The minimum Gasteiger partial charge on any atom is -0.341 e. The Bertz CT molecular complexity index is 1090. The average molecular weight is 528 g/mol. The summed E-state index contributed by atoms with van der Waals surface area (Å²) < 4.78 is 0. The highest BCUT2D eigenvalue weighted by Gasteiger charge is 2.24. The molecule has 0 radical (unpaired) electrons. The van der Waals surface area contributed by atoms with E-state index in [2.05, 4.69) is 32.7 Å². The number of rotatable bonds is 8. The zero-order valence-corrected chi connectivity index (χ0v) is 22.2. The van der Waals surface area contributed by atoms with Gasteiger partial charge in [-0.05, 0) is 37.8 Å². The minimum atomic E-state index is -0.232. The van der Waals surface area contributed by atoms with Gasteiger partial charge in [-0.2, -0.15) is 5.10 Å². The van der Waals surface area contributed by atoms with Crippen LogP contribution in [-0.2, 0) is 11.3 Å². The molecule has 3 fully saturated rings. The van der Waals surface area contributed by atoms with Crippen molar-refractivity contribution in [2.24, 2.45) is 5.10 Å². The van der Waals surface area contributed by atoms with E-state index >= 15 is 0 Å². The van der Waals surface area contributed by atoms with E-state index in [1.807, 2.05) is 40.0 Å². The molecule has 0 bridgehead atoms. The Hall–Kier alpha value is -2.63. The average Bonchev–Trinajstić information content (AvgIpc) is 3.35. The Balaban J connectivity index is 1.22. The molecule has 1 aromatic heterocycles. The SMILES string of the molecule is CNC(=O)N1CCN(Cc2cnc(NC(=O)/C(=N/N3CCCC3)c3ccc(SC4CC4)cc3)s2)CC1. The molecule has 9 nitrogen and oxygen atoms in total. The van der Waals surface area contributed by atoms with Gasteiger partial charge in [0.15, 0.2) is 10.8 Å². The van der Waals surface area contributed by atoms with Crippen molar-refractivity contribution in [3.63, 3.8) is 0 Å². The second kappa shape index (κ2) is 11.6. The van der Waals surface area contributed by atoms with Crippen molar-refractivity contribution in [2.75, 3.05) is 51.6 Å². The van der Waals surface area contributed by atoms with Crippen molar-refractivity contribution in [3.05, 3.63) is 40.9 Å². The molecule has 0 atom stereocenters. The smallest absolute Gasteiger partial charge is 0.317 e. The summed E-state index contributed by atoms with van der Waals surface area (Å²) >= 11 is 3.40. The second-order valence-corrected chi connectivity index (χ2v) is 11.8. The molecular weight excluding hydrogens is 494 g/mol. The molecule has 1 saturated carbocycles. The van der Waals surface area contributed by atoms with Gasteiger partial charge in [0.1, 0.15) is 0 Å². The van der Waals surface area contributed by atoms with Gasteiger partial charge in [-0.25, -0.2) is 9.78 Å². The van der Waals surface area contributed by atoms with E-state index in [0.29, 0.717) is 23.9 Å². The van der Waals surface area contributed by atoms with Gasteiger partial charge in [-0.1, -0.05) is 12.1 Å². The molecule has 192 valence electrons. The standard InChI is InChI=1S/C25H33N7O2S2/c1-26-25(34)31-14-12-30(13-15-31)17-21-16-27-24(36-21)28-23(33)22(29-32-10-2-3-11-32)18-4-6-19(7-5-18)35-20-8-9-20/h4-7,16,20H,2-3,8-15,17H2,1H3,(H,26,34)(H,27,28,33)/b29-22+. The van der Waals surface area contributed by atoms with Crippen LogP contribution in [0.1, 0.15) is 36.1 Å². The van der Waals surface area contributed by atoms with Gasteiger partial charge in [-0.3, -0.25) is 20.0 Å². The third-order valence-corrected chi connectivity index (χ3v) is 8.77. The first-order chi connectivity index (χ1) is 17.6. The van der Waals surface area contributed by atoms with Gasteiger partial charge in [0, 0.05) is 79.6 Å². The first kappa shape index (κ1) is 25.0.